The standard InChI is InChI=1S/C13H18N2O4S/c1-14(2)20(18,19)12-5-3-11(4-6-12)15-8-7-10(9-15)13(16)17/h3-6,10H,7-9H2,1-2H3,(H,16,17). The van der Waals surface area contributed by atoms with Crippen molar-refractivity contribution in [2.75, 3.05) is 32.1 Å². The van der Waals surface area contributed by atoms with Crippen LogP contribution < -0.4 is 4.90 Å². The molecule has 110 valence electrons. The van der Waals surface area contributed by atoms with Crippen LogP contribution in [0.15, 0.2) is 29.2 Å². The van der Waals surface area contributed by atoms with Crippen LogP contribution in [0.3, 0.4) is 0 Å². The van der Waals surface area contributed by atoms with E-state index < -0.39 is 16.0 Å². The van der Waals surface area contributed by atoms with Crippen molar-refractivity contribution in [2.45, 2.75) is 11.3 Å². The Balaban J connectivity index is 2.16. The van der Waals surface area contributed by atoms with E-state index in [1.54, 1.807) is 24.3 Å². The lowest BCUT2D eigenvalue weighted by Gasteiger charge is -2.19. The van der Waals surface area contributed by atoms with Crippen molar-refractivity contribution in [3.63, 3.8) is 0 Å². The van der Waals surface area contributed by atoms with E-state index in [9.17, 15) is 13.2 Å². The number of hydrogen-bond donors (Lipinski definition) is 1. The minimum Gasteiger partial charge on any atom is -0.481 e. The fourth-order valence-corrected chi connectivity index (χ4v) is 3.14. The van der Waals surface area contributed by atoms with Crippen molar-refractivity contribution < 1.29 is 18.3 Å². The highest BCUT2D eigenvalue weighted by Crippen LogP contribution is 2.25. The number of benzene rings is 1. The number of sulfonamides is 1. The van der Waals surface area contributed by atoms with Gasteiger partial charge in [0, 0.05) is 32.9 Å². The Morgan fingerprint density at radius 3 is 2.35 bits per heavy atom. The normalized spacial score (nSPS) is 19.6. The Labute approximate surface area is 118 Å². The zero-order valence-corrected chi connectivity index (χ0v) is 12.3. The van der Waals surface area contributed by atoms with E-state index in [0.29, 0.717) is 19.5 Å². The molecule has 0 aromatic heterocycles. The van der Waals surface area contributed by atoms with Gasteiger partial charge in [0.1, 0.15) is 0 Å². The lowest BCUT2D eigenvalue weighted by molar-refractivity contribution is -0.140. The summed E-state index contributed by atoms with van der Waals surface area (Å²) in [4.78, 5) is 13.1. The van der Waals surface area contributed by atoms with Gasteiger partial charge in [0.15, 0.2) is 0 Å². The summed E-state index contributed by atoms with van der Waals surface area (Å²) < 4.78 is 25.0. The molecule has 1 atom stereocenters. The zero-order chi connectivity index (χ0) is 14.9. The molecule has 1 N–H and O–H groups in total. The molecule has 1 aromatic carbocycles. The van der Waals surface area contributed by atoms with Gasteiger partial charge in [0.05, 0.1) is 10.8 Å². The number of carbonyl (C=O) groups is 1. The SMILES string of the molecule is CN(C)S(=O)(=O)c1ccc(N2CCC(C(=O)O)C2)cc1. The topological polar surface area (TPSA) is 77.9 Å². The third-order valence-corrected chi connectivity index (χ3v) is 5.35. The van der Waals surface area contributed by atoms with Gasteiger partial charge in [-0.1, -0.05) is 0 Å². The highest BCUT2D eigenvalue weighted by atomic mass is 32.2. The number of hydrogen-bond acceptors (Lipinski definition) is 4. The summed E-state index contributed by atoms with van der Waals surface area (Å²) in [5.74, 6) is -1.13. The van der Waals surface area contributed by atoms with Crippen LogP contribution in [0, 0.1) is 5.92 Å². The highest BCUT2D eigenvalue weighted by molar-refractivity contribution is 7.89. The van der Waals surface area contributed by atoms with Gasteiger partial charge in [-0.3, -0.25) is 4.79 Å². The van der Waals surface area contributed by atoms with Crippen molar-refractivity contribution >= 4 is 21.7 Å². The summed E-state index contributed by atoms with van der Waals surface area (Å²) in [6.45, 7) is 1.14. The smallest absolute Gasteiger partial charge is 0.308 e. The Kier molecular flexibility index (Phi) is 4.01. The maximum Gasteiger partial charge on any atom is 0.308 e. The third kappa shape index (κ3) is 2.78. The summed E-state index contributed by atoms with van der Waals surface area (Å²) >= 11 is 0. The monoisotopic (exact) mass is 298 g/mol. The minimum atomic E-state index is -3.42. The van der Waals surface area contributed by atoms with E-state index >= 15 is 0 Å². The summed E-state index contributed by atoms with van der Waals surface area (Å²) in [7, 11) is -0.446. The van der Waals surface area contributed by atoms with Crippen molar-refractivity contribution in [1.82, 2.24) is 4.31 Å². The molecule has 0 amide bonds. The first-order valence-corrected chi connectivity index (χ1v) is 7.76. The molecule has 7 heteroatoms. The Morgan fingerprint density at radius 2 is 1.90 bits per heavy atom. The number of rotatable bonds is 4. The zero-order valence-electron chi connectivity index (χ0n) is 11.5. The summed E-state index contributed by atoms with van der Waals surface area (Å²) in [5.41, 5.74) is 0.853. The third-order valence-electron chi connectivity index (χ3n) is 3.52. The van der Waals surface area contributed by atoms with Crippen LogP contribution >= 0.6 is 0 Å². The molecule has 20 heavy (non-hydrogen) atoms. The fourth-order valence-electron chi connectivity index (χ4n) is 2.24. The molecule has 1 heterocycles. The Bertz CT molecular complexity index is 595. The summed E-state index contributed by atoms with van der Waals surface area (Å²) in [6.07, 6.45) is 0.618. The van der Waals surface area contributed by atoms with Crippen LogP contribution in [-0.2, 0) is 14.8 Å². The second-order valence-corrected chi connectivity index (χ2v) is 7.20. The van der Waals surface area contributed by atoms with Crippen LogP contribution in [0.5, 0.6) is 0 Å². The average molecular weight is 298 g/mol. The number of anilines is 1. The molecule has 0 radical (unpaired) electrons. The van der Waals surface area contributed by atoms with E-state index in [-0.39, 0.29) is 10.8 Å². The van der Waals surface area contributed by atoms with Crippen molar-refractivity contribution in [1.29, 1.82) is 0 Å². The molecule has 1 aromatic rings. The molecule has 6 nitrogen and oxygen atoms in total. The Morgan fingerprint density at radius 1 is 1.30 bits per heavy atom. The molecule has 2 rings (SSSR count). The van der Waals surface area contributed by atoms with E-state index in [4.69, 9.17) is 5.11 Å². The van der Waals surface area contributed by atoms with Gasteiger partial charge in [-0.05, 0) is 30.7 Å². The second kappa shape index (κ2) is 5.41. The van der Waals surface area contributed by atoms with Crippen LogP contribution in [0.4, 0.5) is 5.69 Å². The van der Waals surface area contributed by atoms with Crippen molar-refractivity contribution in [3.05, 3.63) is 24.3 Å². The van der Waals surface area contributed by atoms with Gasteiger partial charge in [-0.15, -0.1) is 0 Å². The number of carboxylic acids is 1. The van der Waals surface area contributed by atoms with Gasteiger partial charge in [-0.25, -0.2) is 12.7 Å². The lowest BCUT2D eigenvalue weighted by atomic mass is 10.1. The van der Waals surface area contributed by atoms with E-state index in [1.807, 2.05) is 4.90 Å². The molecule has 0 spiro atoms. The number of aliphatic carboxylic acids is 1. The van der Waals surface area contributed by atoms with Gasteiger partial charge in [-0.2, -0.15) is 0 Å². The minimum absolute atomic E-state index is 0.236. The molecule has 0 bridgehead atoms. The van der Waals surface area contributed by atoms with Gasteiger partial charge < -0.3 is 10.0 Å². The van der Waals surface area contributed by atoms with Gasteiger partial charge in [0.25, 0.3) is 0 Å². The maximum atomic E-state index is 11.9. The lowest BCUT2D eigenvalue weighted by Crippen LogP contribution is -2.23. The Hall–Kier alpha value is -1.60. The summed E-state index contributed by atoms with van der Waals surface area (Å²) in [5, 5.41) is 8.98. The van der Waals surface area contributed by atoms with Crippen LogP contribution in [0.25, 0.3) is 0 Å². The van der Waals surface area contributed by atoms with Gasteiger partial charge >= 0.3 is 5.97 Å². The average Bonchev–Trinajstić information content (AvgIpc) is 2.88. The summed E-state index contributed by atoms with van der Waals surface area (Å²) in [6, 6.07) is 6.55. The molecule has 1 aliphatic heterocycles. The van der Waals surface area contributed by atoms with Crippen LogP contribution in [-0.4, -0.2) is 51.0 Å². The molecule has 1 unspecified atom stereocenters. The molecular formula is C13H18N2O4S. The van der Waals surface area contributed by atoms with Crippen LogP contribution in [0.2, 0.25) is 0 Å². The molecule has 1 aliphatic rings. The first-order chi connectivity index (χ1) is 9.32. The molecular weight excluding hydrogens is 280 g/mol. The highest BCUT2D eigenvalue weighted by Gasteiger charge is 2.28. The van der Waals surface area contributed by atoms with E-state index in [1.165, 1.54) is 14.1 Å². The second-order valence-electron chi connectivity index (χ2n) is 5.05. The van der Waals surface area contributed by atoms with Gasteiger partial charge in [0.2, 0.25) is 10.0 Å². The van der Waals surface area contributed by atoms with Crippen molar-refractivity contribution in [3.8, 4) is 0 Å². The van der Waals surface area contributed by atoms with E-state index in [0.717, 1.165) is 9.99 Å². The maximum absolute atomic E-state index is 11.9. The molecule has 0 saturated carbocycles. The molecule has 0 aliphatic carbocycles. The first-order valence-electron chi connectivity index (χ1n) is 6.32. The molecule has 1 saturated heterocycles. The largest absolute Gasteiger partial charge is 0.481 e. The number of carboxylic acid groups (broad SMARTS) is 1. The molecule has 1 fully saturated rings. The predicted molar refractivity (Wildman–Crippen MR) is 75.3 cm³/mol. The van der Waals surface area contributed by atoms with Crippen LogP contribution in [0.1, 0.15) is 6.42 Å². The first kappa shape index (κ1) is 14.8. The fraction of sp³-hybridized carbons (Fsp3) is 0.462. The quantitative estimate of drug-likeness (QED) is 0.891. The predicted octanol–water partition coefficient (Wildman–Crippen LogP) is 0.848. The van der Waals surface area contributed by atoms with Crippen molar-refractivity contribution in [2.24, 2.45) is 5.92 Å². The number of nitrogens with zero attached hydrogens (tertiary/aromatic N) is 2. The van der Waals surface area contributed by atoms with E-state index in [2.05, 4.69) is 0 Å².